The van der Waals surface area contributed by atoms with Crippen LogP contribution in [0.3, 0.4) is 0 Å². The van der Waals surface area contributed by atoms with Gasteiger partial charge in [-0.1, -0.05) is 26.0 Å². The molecule has 3 heterocycles. The van der Waals surface area contributed by atoms with Gasteiger partial charge in [-0.25, -0.2) is 9.78 Å². The molecule has 1 amide bonds. The molecule has 0 atom stereocenters. The van der Waals surface area contributed by atoms with Crippen molar-refractivity contribution in [2.45, 2.75) is 57.7 Å². The van der Waals surface area contributed by atoms with Crippen LogP contribution in [0, 0.1) is 16.7 Å². The summed E-state index contributed by atoms with van der Waals surface area (Å²) in [6, 6.07) is 8.33. The van der Waals surface area contributed by atoms with Crippen molar-refractivity contribution in [1.29, 1.82) is 5.26 Å². The Kier molecular flexibility index (Phi) is 11.1. The fraction of sp³-hybridized carbons (Fsp3) is 0.531. The third-order valence-corrected chi connectivity index (χ3v) is 8.93. The smallest absolute Gasteiger partial charge is 0.480 e. The number of allylic oxidation sites excluding steroid dienone is 2. The number of rotatable bonds is 7. The first-order chi connectivity index (χ1) is 22.1. The lowest BCUT2D eigenvalue weighted by Gasteiger charge is -2.50. The summed E-state index contributed by atoms with van der Waals surface area (Å²) in [6.07, 6.45) is 3.23. The number of amides is 1. The number of aliphatic carboxylic acids is 2. The quantitative estimate of drug-likeness (QED) is 0.332. The van der Waals surface area contributed by atoms with E-state index in [1.807, 2.05) is 17.0 Å². The zero-order valence-corrected chi connectivity index (χ0v) is 26.3. The second-order valence-electron chi connectivity index (χ2n) is 12.7. The third-order valence-electron chi connectivity index (χ3n) is 8.93. The van der Waals surface area contributed by atoms with Crippen LogP contribution in [0.25, 0.3) is 5.57 Å². The van der Waals surface area contributed by atoms with Crippen LogP contribution in [0.15, 0.2) is 30.5 Å². The lowest BCUT2D eigenvalue weighted by atomic mass is 9.75. The highest BCUT2D eigenvalue weighted by Gasteiger charge is 2.42. The van der Waals surface area contributed by atoms with Gasteiger partial charge < -0.3 is 25.3 Å². The highest BCUT2D eigenvalue weighted by Crippen LogP contribution is 2.44. The first kappa shape index (κ1) is 35.6. The number of aromatic nitrogens is 2. The van der Waals surface area contributed by atoms with Crippen molar-refractivity contribution in [3.8, 4) is 6.07 Å². The summed E-state index contributed by atoms with van der Waals surface area (Å²) in [6.45, 7) is 8.97. The molecule has 47 heavy (non-hydrogen) atoms. The van der Waals surface area contributed by atoms with Crippen molar-refractivity contribution in [3.63, 3.8) is 0 Å². The molecule has 0 bridgehead atoms. The molecule has 0 radical (unpaired) electrons. The molecule has 2 aromatic rings. The number of halogens is 3. The maximum atomic E-state index is 13.1. The number of carbonyl (C=O) groups is 3. The van der Waals surface area contributed by atoms with Crippen LogP contribution < -0.4 is 5.32 Å². The first-order valence-electron chi connectivity index (χ1n) is 15.3. The number of ether oxygens (including phenoxy) is 1. The molecule has 0 unspecified atom stereocenters. The number of aromatic amines is 1. The van der Waals surface area contributed by atoms with Gasteiger partial charge in [0.1, 0.15) is 11.8 Å². The Morgan fingerprint density at radius 3 is 2.30 bits per heavy atom. The molecule has 1 aliphatic carbocycles. The number of carbonyl (C=O) groups excluding carboxylic acids is 1. The molecule has 2 aliphatic heterocycles. The second-order valence-corrected chi connectivity index (χ2v) is 12.7. The van der Waals surface area contributed by atoms with E-state index in [4.69, 9.17) is 19.9 Å². The fourth-order valence-electron chi connectivity index (χ4n) is 6.23. The number of nitriles is 1. The Hall–Kier alpha value is -4.26. The topological polar surface area (TPSA) is 172 Å². The van der Waals surface area contributed by atoms with Crippen molar-refractivity contribution < 1.29 is 42.5 Å². The van der Waals surface area contributed by atoms with E-state index >= 15 is 0 Å². The predicted molar refractivity (Wildman–Crippen MR) is 164 cm³/mol. The molecule has 2 saturated heterocycles. The van der Waals surface area contributed by atoms with Crippen LogP contribution in [0.1, 0.15) is 73.4 Å². The fourth-order valence-corrected chi connectivity index (χ4v) is 6.23. The number of nitrogens with one attached hydrogen (secondary N) is 2. The van der Waals surface area contributed by atoms with Gasteiger partial charge >= 0.3 is 18.1 Å². The number of imidazole rings is 1. The zero-order valence-electron chi connectivity index (χ0n) is 26.3. The zero-order chi connectivity index (χ0) is 34.4. The van der Waals surface area contributed by atoms with E-state index in [2.05, 4.69) is 52.2 Å². The Labute approximate surface area is 270 Å². The van der Waals surface area contributed by atoms with Crippen molar-refractivity contribution >= 4 is 29.1 Å². The van der Waals surface area contributed by atoms with Gasteiger partial charge in [0.05, 0.1) is 18.3 Å². The molecule has 0 saturated carbocycles. The van der Waals surface area contributed by atoms with Gasteiger partial charge in [-0.2, -0.15) is 18.4 Å². The Morgan fingerprint density at radius 2 is 1.77 bits per heavy atom. The number of carboxylic acids is 2. The summed E-state index contributed by atoms with van der Waals surface area (Å²) in [5.74, 6) is -3.83. The minimum Gasteiger partial charge on any atom is -0.480 e. The summed E-state index contributed by atoms with van der Waals surface area (Å²) in [5, 5.41) is 28.5. The van der Waals surface area contributed by atoms with Gasteiger partial charge in [-0.15, -0.1) is 0 Å². The van der Waals surface area contributed by atoms with Crippen molar-refractivity contribution in [1.82, 2.24) is 19.8 Å². The van der Waals surface area contributed by atoms with Crippen molar-refractivity contribution in [2.24, 2.45) is 5.41 Å². The molecule has 5 rings (SSSR count). The molecule has 3 aliphatic rings. The van der Waals surface area contributed by atoms with Crippen LogP contribution in [0.4, 0.5) is 18.9 Å². The summed E-state index contributed by atoms with van der Waals surface area (Å²) < 4.78 is 37.5. The molecular formula is C32H39F3N6O6. The lowest BCUT2D eigenvalue weighted by Crippen LogP contribution is -2.57. The molecule has 15 heteroatoms. The number of nitrogens with zero attached hydrogens (tertiary/aromatic N) is 4. The minimum absolute atomic E-state index is 0.0680. The molecule has 2 fully saturated rings. The maximum Gasteiger partial charge on any atom is 0.490 e. The number of H-pyrrole nitrogens is 1. The minimum atomic E-state index is -5.08. The van der Waals surface area contributed by atoms with Crippen LogP contribution in [-0.2, 0) is 19.9 Å². The lowest BCUT2D eigenvalue weighted by molar-refractivity contribution is -0.192. The molecule has 12 nitrogen and oxygen atoms in total. The maximum absolute atomic E-state index is 13.1. The van der Waals surface area contributed by atoms with E-state index in [9.17, 15) is 27.9 Å². The number of anilines is 1. The van der Waals surface area contributed by atoms with Crippen LogP contribution in [0.5, 0.6) is 0 Å². The van der Waals surface area contributed by atoms with E-state index in [1.54, 1.807) is 0 Å². The van der Waals surface area contributed by atoms with Gasteiger partial charge in [-0.05, 0) is 60.8 Å². The molecular weight excluding hydrogens is 621 g/mol. The SMILES string of the molecule is CC1(C)CC=C(c2cc(C3(N4CCN(CC(=O)O)CC4)CCOCC3)ccc2NC(=O)c2ncc(C#N)[nH]2)CC1.O=C(O)C(F)(F)F. The number of benzene rings is 1. The predicted octanol–water partition coefficient (Wildman–Crippen LogP) is 4.47. The van der Waals surface area contributed by atoms with Crippen LogP contribution in [0.2, 0.25) is 0 Å². The Bertz CT molecular complexity index is 1530. The summed E-state index contributed by atoms with van der Waals surface area (Å²) in [4.78, 5) is 44.6. The average Bonchev–Trinajstić information content (AvgIpc) is 3.51. The second kappa shape index (κ2) is 14.7. The van der Waals surface area contributed by atoms with Gasteiger partial charge in [0, 0.05) is 50.6 Å². The van der Waals surface area contributed by atoms with Crippen molar-refractivity contribution in [2.75, 3.05) is 51.3 Å². The summed E-state index contributed by atoms with van der Waals surface area (Å²) >= 11 is 0. The number of alkyl halides is 3. The van der Waals surface area contributed by atoms with E-state index in [1.165, 1.54) is 17.3 Å². The number of piperazine rings is 1. The standard InChI is InChI=1S/C30H38N6O4.C2HF3O2/c1-29(2)7-5-21(6-8-29)24-17-22(3-4-25(24)34-28(39)27-32-19-23(18-31)33-27)30(9-15-40-16-10-30)36-13-11-35(12-14-36)20-26(37)38;3-2(4,5)1(6)7/h3-5,17,19H,6-16,20H2,1-2H3,(H,32,33)(H,34,39)(H,37,38);(H,6,7). The van der Waals surface area contributed by atoms with Gasteiger partial charge in [-0.3, -0.25) is 19.4 Å². The Balaban J connectivity index is 0.000000644. The van der Waals surface area contributed by atoms with E-state index < -0.39 is 18.1 Å². The van der Waals surface area contributed by atoms with Crippen LogP contribution in [-0.4, -0.2) is 99.9 Å². The van der Waals surface area contributed by atoms with Crippen molar-refractivity contribution in [3.05, 3.63) is 53.1 Å². The summed E-state index contributed by atoms with van der Waals surface area (Å²) in [5.41, 5.74) is 4.43. The molecule has 1 aromatic carbocycles. The number of hydrogen-bond acceptors (Lipinski definition) is 8. The molecule has 0 spiro atoms. The highest BCUT2D eigenvalue weighted by molar-refractivity contribution is 6.03. The molecule has 4 N–H and O–H groups in total. The monoisotopic (exact) mass is 660 g/mol. The van der Waals surface area contributed by atoms with Gasteiger partial charge in [0.25, 0.3) is 5.91 Å². The largest absolute Gasteiger partial charge is 0.490 e. The Morgan fingerprint density at radius 1 is 1.11 bits per heavy atom. The average molecular weight is 661 g/mol. The third kappa shape index (κ3) is 8.97. The molecule has 254 valence electrons. The van der Waals surface area contributed by atoms with E-state index in [-0.39, 0.29) is 34.9 Å². The highest BCUT2D eigenvalue weighted by atomic mass is 19.4. The van der Waals surface area contributed by atoms with Gasteiger partial charge in [0.15, 0.2) is 5.82 Å². The number of carboxylic acid groups (broad SMARTS) is 2. The van der Waals surface area contributed by atoms with Gasteiger partial charge in [0.2, 0.25) is 0 Å². The molecule has 1 aromatic heterocycles. The normalized spacial score (nSPS) is 19.8. The van der Waals surface area contributed by atoms with E-state index in [0.29, 0.717) is 26.3 Å². The first-order valence-corrected chi connectivity index (χ1v) is 15.3. The van der Waals surface area contributed by atoms with E-state index in [0.717, 1.165) is 56.4 Å². The number of hydrogen-bond donors (Lipinski definition) is 4. The van der Waals surface area contributed by atoms with Crippen LogP contribution >= 0.6 is 0 Å². The summed E-state index contributed by atoms with van der Waals surface area (Å²) in [7, 11) is 0.